The van der Waals surface area contributed by atoms with Crippen molar-refractivity contribution in [2.45, 2.75) is 19.2 Å². The van der Waals surface area contributed by atoms with Gasteiger partial charge >= 0.3 is 6.36 Å². The second-order valence-electron chi connectivity index (χ2n) is 4.40. The third-order valence-corrected chi connectivity index (χ3v) is 2.93. The van der Waals surface area contributed by atoms with E-state index in [0.29, 0.717) is 18.7 Å². The second kappa shape index (κ2) is 5.87. The van der Waals surface area contributed by atoms with Gasteiger partial charge in [0.25, 0.3) is 0 Å². The van der Waals surface area contributed by atoms with E-state index in [2.05, 4.69) is 10.1 Å². The van der Waals surface area contributed by atoms with E-state index in [-0.39, 0.29) is 11.1 Å². The smallest absolute Gasteiger partial charge is 0.406 e. The maximum absolute atomic E-state index is 12.2. The zero-order chi connectivity index (χ0) is 15.5. The molecular weight excluding hydrogens is 285 g/mol. The lowest BCUT2D eigenvalue weighted by Crippen LogP contribution is -2.17. The quantitative estimate of drug-likeness (QED) is 0.529. The fourth-order valence-corrected chi connectivity index (χ4v) is 2.01. The average Bonchev–Trinajstić information content (AvgIpc) is 2.92. The number of halogens is 3. The summed E-state index contributed by atoms with van der Waals surface area (Å²) in [5.74, 6) is -0.926. The maximum atomic E-state index is 12.2. The molecule has 0 saturated carbocycles. The summed E-state index contributed by atoms with van der Waals surface area (Å²) in [6.45, 7) is 0.701. The number of ether oxygens (including phenoxy) is 1. The fraction of sp³-hybridized carbons (Fsp3) is 0.286. The summed E-state index contributed by atoms with van der Waals surface area (Å²) in [5.41, 5.74) is 0.720. The fourth-order valence-electron chi connectivity index (χ4n) is 2.01. The number of carbonyl (C=O) groups excluding carboxylic acids is 1. The number of Topliss-reactive ketones (excluding diaryl/α,β-unsaturated/α-hetero) is 1. The highest BCUT2D eigenvalue weighted by atomic mass is 19.4. The summed E-state index contributed by atoms with van der Waals surface area (Å²) in [6.07, 6.45) is -3.32. The molecule has 0 bridgehead atoms. The lowest BCUT2D eigenvalue weighted by molar-refractivity contribution is -0.274. The minimum Gasteiger partial charge on any atom is -0.406 e. The van der Waals surface area contributed by atoms with Crippen molar-refractivity contribution >= 4 is 5.78 Å². The van der Waals surface area contributed by atoms with Gasteiger partial charge in [-0.25, -0.2) is 0 Å². The number of alkyl halides is 3. The molecule has 0 atom stereocenters. The van der Waals surface area contributed by atoms with Crippen LogP contribution in [-0.2, 0) is 0 Å². The molecule has 1 aliphatic rings. The van der Waals surface area contributed by atoms with E-state index in [9.17, 15) is 18.0 Å². The molecule has 7 heteroatoms. The highest BCUT2D eigenvalue weighted by Gasteiger charge is 2.31. The Balaban J connectivity index is 2.20. The van der Waals surface area contributed by atoms with E-state index in [1.807, 2.05) is 6.07 Å². The van der Waals surface area contributed by atoms with Crippen molar-refractivity contribution in [2.75, 3.05) is 6.54 Å². The van der Waals surface area contributed by atoms with Crippen LogP contribution < -0.4 is 10.1 Å². The first kappa shape index (κ1) is 14.9. The molecular formula is C14H11F3N2O2. The summed E-state index contributed by atoms with van der Waals surface area (Å²) in [6, 6.07) is 6.35. The molecule has 0 aliphatic carbocycles. The predicted octanol–water partition coefficient (Wildman–Crippen LogP) is 2.93. The molecule has 1 saturated heterocycles. The van der Waals surface area contributed by atoms with Crippen LogP contribution in [-0.4, -0.2) is 18.7 Å². The van der Waals surface area contributed by atoms with Gasteiger partial charge in [0.15, 0.2) is 0 Å². The Morgan fingerprint density at radius 2 is 1.95 bits per heavy atom. The topological polar surface area (TPSA) is 62.1 Å². The Labute approximate surface area is 118 Å². The Bertz CT molecular complexity index is 605. The zero-order valence-electron chi connectivity index (χ0n) is 10.8. The maximum Gasteiger partial charge on any atom is 0.573 e. The predicted molar refractivity (Wildman–Crippen MR) is 67.3 cm³/mol. The first-order chi connectivity index (χ1) is 9.90. The standard InChI is InChI=1S/C14H11F3N2O2/c15-14(16,17)21-10-5-3-9(4-6-10)13(20)11(8-18)12-2-1-7-19-12/h3-6,19H,1-2,7H2. The summed E-state index contributed by atoms with van der Waals surface area (Å²) in [7, 11) is 0. The third kappa shape index (κ3) is 3.75. The van der Waals surface area contributed by atoms with Crippen LogP contribution in [0.25, 0.3) is 0 Å². The number of hydrogen-bond donors (Lipinski definition) is 1. The van der Waals surface area contributed by atoms with Crippen molar-refractivity contribution in [3.63, 3.8) is 0 Å². The van der Waals surface area contributed by atoms with Gasteiger partial charge in [-0.2, -0.15) is 5.26 Å². The van der Waals surface area contributed by atoms with Crippen LogP contribution >= 0.6 is 0 Å². The molecule has 0 unspecified atom stereocenters. The molecule has 110 valence electrons. The number of nitriles is 1. The van der Waals surface area contributed by atoms with Gasteiger partial charge in [0, 0.05) is 17.8 Å². The molecule has 1 aromatic rings. The highest BCUT2D eigenvalue weighted by Crippen LogP contribution is 2.24. The van der Waals surface area contributed by atoms with Crippen LogP contribution in [0.5, 0.6) is 5.75 Å². The second-order valence-corrected chi connectivity index (χ2v) is 4.40. The monoisotopic (exact) mass is 296 g/mol. The largest absolute Gasteiger partial charge is 0.573 e. The number of ketones is 1. The Morgan fingerprint density at radius 3 is 2.43 bits per heavy atom. The first-order valence-electron chi connectivity index (χ1n) is 6.18. The molecule has 1 fully saturated rings. The minimum absolute atomic E-state index is 0.00279. The molecule has 2 rings (SSSR count). The van der Waals surface area contributed by atoms with E-state index < -0.39 is 17.9 Å². The normalized spacial score (nSPS) is 16.9. The average molecular weight is 296 g/mol. The van der Waals surface area contributed by atoms with Crippen LogP contribution in [0.2, 0.25) is 0 Å². The molecule has 0 radical (unpaired) electrons. The molecule has 21 heavy (non-hydrogen) atoms. The van der Waals surface area contributed by atoms with E-state index in [0.717, 1.165) is 18.6 Å². The summed E-state index contributed by atoms with van der Waals surface area (Å²) >= 11 is 0. The summed E-state index contributed by atoms with van der Waals surface area (Å²) < 4.78 is 39.8. The number of nitrogens with zero attached hydrogens (tertiary/aromatic N) is 1. The van der Waals surface area contributed by atoms with E-state index in [1.165, 1.54) is 12.1 Å². The number of allylic oxidation sites excluding steroid dienone is 2. The Hall–Kier alpha value is -2.49. The number of nitrogens with one attached hydrogen (secondary N) is 1. The highest BCUT2D eigenvalue weighted by molar-refractivity contribution is 6.11. The number of benzene rings is 1. The van der Waals surface area contributed by atoms with Gasteiger partial charge in [0.1, 0.15) is 17.4 Å². The van der Waals surface area contributed by atoms with Gasteiger partial charge < -0.3 is 10.1 Å². The third-order valence-electron chi connectivity index (χ3n) is 2.93. The minimum atomic E-state index is -4.78. The van der Waals surface area contributed by atoms with Crippen LogP contribution in [0.15, 0.2) is 35.5 Å². The number of hydrogen-bond acceptors (Lipinski definition) is 4. The zero-order valence-corrected chi connectivity index (χ0v) is 10.8. The van der Waals surface area contributed by atoms with Crippen molar-refractivity contribution in [3.05, 3.63) is 41.1 Å². The van der Waals surface area contributed by atoms with Gasteiger partial charge in [0.2, 0.25) is 5.78 Å². The summed E-state index contributed by atoms with van der Waals surface area (Å²) in [4.78, 5) is 12.2. The van der Waals surface area contributed by atoms with Gasteiger partial charge in [-0.1, -0.05) is 0 Å². The molecule has 0 aromatic heterocycles. The molecule has 0 amide bonds. The van der Waals surface area contributed by atoms with Gasteiger partial charge in [-0.3, -0.25) is 4.79 Å². The van der Waals surface area contributed by atoms with Crippen molar-refractivity contribution in [2.24, 2.45) is 0 Å². The number of rotatable bonds is 3. The van der Waals surface area contributed by atoms with Crippen LogP contribution in [0, 0.1) is 11.3 Å². The van der Waals surface area contributed by atoms with Crippen molar-refractivity contribution in [1.82, 2.24) is 5.32 Å². The Kier molecular flexibility index (Phi) is 4.17. The number of carbonyl (C=O) groups is 1. The molecule has 4 nitrogen and oxygen atoms in total. The molecule has 1 heterocycles. The van der Waals surface area contributed by atoms with Crippen molar-refractivity contribution in [1.29, 1.82) is 5.26 Å². The SMILES string of the molecule is N#CC(C(=O)c1ccc(OC(F)(F)F)cc1)=C1CCCN1. The lowest BCUT2D eigenvalue weighted by atomic mass is 10.0. The van der Waals surface area contributed by atoms with Crippen molar-refractivity contribution < 1.29 is 22.7 Å². The molecule has 0 spiro atoms. The van der Waals surface area contributed by atoms with Gasteiger partial charge in [-0.15, -0.1) is 13.2 Å². The summed E-state index contributed by atoms with van der Waals surface area (Å²) in [5, 5.41) is 12.0. The van der Waals surface area contributed by atoms with Gasteiger partial charge in [-0.05, 0) is 37.1 Å². The van der Waals surface area contributed by atoms with Crippen LogP contribution in [0.1, 0.15) is 23.2 Å². The van der Waals surface area contributed by atoms with Crippen LogP contribution in [0.4, 0.5) is 13.2 Å². The van der Waals surface area contributed by atoms with Crippen molar-refractivity contribution in [3.8, 4) is 11.8 Å². The molecule has 1 aliphatic heterocycles. The Morgan fingerprint density at radius 1 is 1.29 bits per heavy atom. The molecule has 1 aromatic carbocycles. The molecule has 1 N–H and O–H groups in total. The first-order valence-corrected chi connectivity index (χ1v) is 6.18. The van der Waals surface area contributed by atoms with Gasteiger partial charge in [0.05, 0.1) is 0 Å². The van der Waals surface area contributed by atoms with E-state index in [1.54, 1.807) is 0 Å². The lowest BCUT2D eigenvalue weighted by Gasteiger charge is -2.09. The van der Waals surface area contributed by atoms with E-state index in [4.69, 9.17) is 5.26 Å². The van der Waals surface area contributed by atoms with E-state index >= 15 is 0 Å². The van der Waals surface area contributed by atoms with Crippen LogP contribution in [0.3, 0.4) is 0 Å².